The van der Waals surface area contributed by atoms with Gasteiger partial charge in [-0.25, -0.2) is 4.98 Å². The molecule has 4 heteroatoms. The van der Waals surface area contributed by atoms with Crippen LogP contribution in [0.3, 0.4) is 0 Å². The van der Waals surface area contributed by atoms with Crippen LogP contribution in [0.2, 0.25) is 0 Å². The van der Waals surface area contributed by atoms with Gasteiger partial charge in [-0.05, 0) is 34.5 Å². The van der Waals surface area contributed by atoms with Gasteiger partial charge in [0.1, 0.15) is 4.60 Å². The minimum atomic E-state index is -0.0835. The summed E-state index contributed by atoms with van der Waals surface area (Å²) in [7, 11) is 0. The van der Waals surface area contributed by atoms with E-state index in [0.717, 1.165) is 6.42 Å². The Labute approximate surface area is 104 Å². The summed E-state index contributed by atoms with van der Waals surface area (Å²) < 4.78 is 0.554. The van der Waals surface area contributed by atoms with E-state index in [2.05, 4.69) is 26.8 Å². The third kappa shape index (κ3) is 3.07. The van der Waals surface area contributed by atoms with E-state index in [1.807, 2.05) is 6.92 Å². The second-order valence-electron chi connectivity index (χ2n) is 3.27. The molecule has 0 saturated heterocycles. The molecule has 0 spiro atoms. The molecule has 0 radical (unpaired) electrons. The maximum atomic E-state index is 12.1. The summed E-state index contributed by atoms with van der Waals surface area (Å²) in [5, 5.41) is 0. The average Bonchev–Trinajstić information content (AvgIpc) is 2.28. The first-order valence-corrected chi connectivity index (χ1v) is 5.83. The highest BCUT2D eigenvalue weighted by molar-refractivity contribution is 9.10. The van der Waals surface area contributed by atoms with Gasteiger partial charge in [0.2, 0.25) is 0 Å². The normalized spacial score (nSPS) is 9.56. The molecule has 3 nitrogen and oxygen atoms in total. The molecule has 0 fully saturated rings. The zero-order valence-corrected chi connectivity index (χ0v) is 10.7. The predicted molar refractivity (Wildman–Crippen MR) is 67.0 cm³/mol. The van der Waals surface area contributed by atoms with E-state index in [1.54, 1.807) is 23.2 Å². The summed E-state index contributed by atoms with van der Waals surface area (Å²) in [6.07, 6.45) is 7.75. The standard InChI is InChI=1S/C12H13BrN2O/c1-3-8-15(9-4-2)12(16)10-6-5-7-14-11(10)13/h1,5-7H,4,8-9H2,2H3. The first-order chi connectivity index (χ1) is 7.70. The number of hydrogen-bond donors (Lipinski definition) is 0. The molecule has 1 heterocycles. The van der Waals surface area contributed by atoms with Crippen LogP contribution < -0.4 is 0 Å². The molecule has 0 N–H and O–H groups in total. The molecule has 1 amide bonds. The number of terminal acetylenes is 1. The fourth-order valence-electron chi connectivity index (χ4n) is 1.35. The molecular weight excluding hydrogens is 268 g/mol. The lowest BCUT2D eigenvalue weighted by Gasteiger charge is -2.19. The van der Waals surface area contributed by atoms with Gasteiger partial charge in [-0.3, -0.25) is 4.79 Å². The van der Waals surface area contributed by atoms with Crippen molar-refractivity contribution < 1.29 is 4.79 Å². The molecule has 1 rings (SSSR count). The highest BCUT2D eigenvalue weighted by atomic mass is 79.9. The Bertz CT molecular complexity index is 412. The molecule has 16 heavy (non-hydrogen) atoms. The van der Waals surface area contributed by atoms with Crippen molar-refractivity contribution in [1.82, 2.24) is 9.88 Å². The summed E-state index contributed by atoms with van der Waals surface area (Å²) in [6.45, 7) is 2.99. The minimum absolute atomic E-state index is 0.0835. The van der Waals surface area contributed by atoms with E-state index in [4.69, 9.17) is 6.42 Å². The summed E-state index contributed by atoms with van der Waals surface area (Å²) in [5.74, 6) is 2.41. The molecule has 0 aliphatic heterocycles. The summed E-state index contributed by atoms with van der Waals surface area (Å²) in [5.41, 5.74) is 0.547. The van der Waals surface area contributed by atoms with Crippen LogP contribution in [-0.4, -0.2) is 28.9 Å². The van der Waals surface area contributed by atoms with E-state index < -0.39 is 0 Å². The number of carbonyl (C=O) groups excluding carboxylic acids is 1. The molecule has 0 atom stereocenters. The number of pyridine rings is 1. The number of amides is 1. The lowest BCUT2D eigenvalue weighted by molar-refractivity contribution is 0.0775. The Morgan fingerprint density at radius 3 is 3.00 bits per heavy atom. The van der Waals surface area contributed by atoms with Gasteiger partial charge in [-0.1, -0.05) is 12.8 Å². The van der Waals surface area contributed by atoms with Crippen molar-refractivity contribution >= 4 is 21.8 Å². The zero-order valence-electron chi connectivity index (χ0n) is 9.11. The minimum Gasteiger partial charge on any atom is -0.327 e. The topological polar surface area (TPSA) is 33.2 Å². The van der Waals surface area contributed by atoms with Crippen molar-refractivity contribution in [3.8, 4) is 12.3 Å². The van der Waals surface area contributed by atoms with Crippen LogP contribution in [0.1, 0.15) is 23.7 Å². The largest absolute Gasteiger partial charge is 0.327 e. The molecule has 0 bridgehead atoms. The quantitative estimate of drug-likeness (QED) is 0.627. The summed E-state index contributed by atoms with van der Waals surface area (Å²) >= 11 is 3.26. The Morgan fingerprint density at radius 2 is 2.44 bits per heavy atom. The van der Waals surface area contributed by atoms with E-state index in [1.165, 1.54) is 0 Å². The Morgan fingerprint density at radius 1 is 1.69 bits per heavy atom. The molecule has 1 aromatic rings. The van der Waals surface area contributed by atoms with E-state index in [0.29, 0.717) is 23.3 Å². The number of nitrogens with zero attached hydrogens (tertiary/aromatic N) is 2. The highest BCUT2D eigenvalue weighted by Gasteiger charge is 2.16. The van der Waals surface area contributed by atoms with Gasteiger partial charge in [0, 0.05) is 12.7 Å². The third-order valence-corrected chi connectivity index (χ3v) is 2.68. The van der Waals surface area contributed by atoms with Gasteiger partial charge in [0.25, 0.3) is 5.91 Å². The number of aromatic nitrogens is 1. The van der Waals surface area contributed by atoms with Gasteiger partial charge in [0.05, 0.1) is 12.1 Å². The van der Waals surface area contributed by atoms with Gasteiger partial charge >= 0.3 is 0 Å². The van der Waals surface area contributed by atoms with Crippen LogP contribution in [0.25, 0.3) is 0 Å². The van der Waals surface area contributed by atoms with Crippen molar-refractivity contribution in [1.29, 1.82) is 0 Å². The lowest BCUT2D eigenvalue weighted by atomic mass is 10.2. The monoisotopic (exact) mass is 280 g/mol. The van der Waals surface area contributed by atoms with E-state index in [9.17, 15) is 4.79 Å². The first-order valence-electron chi connectivity index (χ1n) is 5.04. The van der Waals surface area contributed by atoms with Crippen LogP contribution in [0.4, 0.5) is 0 Å². The lowest BCUT2D eigenvalue weighted by Crippen LogP contribution is -2.32. The van der Waals surface area contributed by atoms with Crippen LogP contribution in [0, 0.1) is 12.3 Å². The van der Waals surface area contributed by atoms with Gasteiger partial charge < -0.3 is 4.90 Å². The smallest absolute Gasteiger partial charge is 0.257 e. The maximum absolute atomic E-state index is 12.1. The fourth-order valence-corrected chi connectivity index (χ4v) is 1.77. The average molecular weight is 281 g/mol. The molecule has 0 unspecified atom stereocenters. The molecule has 0 aliphatic carbocycles. The zero-order chi connectivity index (χ0) is 12.0. The van der Waals surface area contributed by atoms with Crippen LogP contribution in [0.15, 0.2) is 22.9 Å². The Balaban J connectivity index is 2.91. The first kappa shape index (κ1) is 12.7. The molecule has 0 aliphatic rings. The van der Waals surface area contributed by atoms with Gasteiger partial charge in [0.15, 0.2) is 0 Å². The molecule has 0 saturated carbocycles. The van der Waals surface area contributed by atoms with Crippen LogP contribution >= 0.6 is 15.9 Å². The summed E-state index contributed by atoms with van der Waals surface area (Å²) in [6, 6.07) is 3.47. The van der Waals surface area contributed by atoms with Gasteiger partial charge in [-0.15, -0.1) is 6.42 Å². The number of carbonyl (C=O) groups is 1. The molecule has 84 valence electrons. The maximum Gasteiger partial charge on any atom is 0.257 e. The van der Waals surface area contributed by atoms with E-state index >= 15 is 0 Å². The van der Waals surface area contributed by atoms with Gasteiger partial charge in [-0.2, -0.15) is 0 Å². The third-order valence-electron chi connectivity index (χ3n) is 2.05. The molecule has 0 aromatic carbocycles. The van der Waals surface area contributed by atoms with Crippen molar-refractivity contribution in [2.24, 2.45) is 0 Å². The van der Waals surface area contributed by atoms with Crippen LogP contribution in [-0.2, 0) is 0 Å². The fraction of sp³-hybridized carbons (Fsp3) is 0.333. The van der Waals surface area contributed by atoms with Crippen molar-refractivity contribution in [3.05, 3.63) is 28.5 Å². The van der Waals surface area contributed by atoms with Crippen molar-refractivity contribution in [2.45, 2.75) is 13.3 Å². The highest BCUT2D eigenvalue weighted by Crippen LogP contribution is 2.15. The second kappa shape index (κ2) is 6.29. The number of rotatable bonds is 4. The van der Waals surface area contributed by atoms with Crippen molar-refractivity contribution in [3.63, 3.8) is 0 Å². The second-order valence-corrected chi connectivity index (χ2v) is 4.02. The SMILES string of the molecule is C#CCN(CCC)C(=O)c1cccnc1Br. The molecule has 1 aromatic heterocycles. The van der Waals surface area contributed by atoms with E-state index in [-0.39, 0.29) is 5.91 Å². The number of hydrogen-bond acceptors (Lipinski definition) is 2. The Hall–Kier alpha value is -1.34. The molecular formula is C12H13BrN2O. The van der Waals surface area contributed by atoms with Crippen LogP contribution in [0.5, 0.6) is 0 Å². The summed E-state index contributed by atoms with van der Waals surface area (Å²) in [4.78, 5) is 17.8. The van der Waals surface area contributed by atoms with Crippen molar-refractivity contribution in [2.75, 3.05) is 13.1 Å². The Kier molecular flexibility index (Phi) is 5.00. The number of halogens is 1. The predicted octanol–water partition coefficient (Wildman–Crippen LogP) is 2.33.